The minimum absolute atomic E-state index is 0.321. The van der Waals surface area contributed by atoms with Crippen LogP contribution in [0.2, 0.25) is 0 Å². The highest BCUT2D eigenvalue weighted by Crippen LogP contribution is 2.29. The highest BCUT2D eigenvalue weighted by Gasteiger charge is 2.28. The average molecular weight is 399 g/mol. The second kappa shape index (κ2) is 7.51. The maximum atomic E-state index is 14.3. The number of fused-ring (bicyclic) bond motifs is 1. The van der Waals surface area contributed by atoms with Crippen molar-refractivity contribution in [3.63, 3.8) is 0 Å². The lowest BCUT2D eigenvalue weighted by molar-refractivity contribution is 0.102. The first-order valence-corrected chi connectivity index (χ1v) is 9.75. The second-order valence-electron chi connectivity index (χ2n) is 7.09. The summed E-state index contributed by atoms with van der Waals surface area (Å²) in [7, 11) is 0. The Hall–Kier alpha value is -3.87. The molecule has 0 aliphatic heterocycles. The number of anilines is 1. The zero-order valence-electron chi connectivity index (χ0n) is 16.0. The summed E-state index contributed by atoms with van der Waals surface area (Å²) >= 11 is 0. The van der Waals surface area contributed by atoms with Crippen molar-refractivity contribution in [1.82, 2.24) is 19.7 Å². The highest BCUT2D eigenvalue weighted by atomic mass is 19.1. The number of hydrogen-bond acceptors (Lipinski definition) is 4. The van der Waals surface area contributed by atoms with Crippen LogP contribution in [0.1, 0.15) is 28.2 Å². The van der Waals surface area contributed by atoms with E-state index in [9.17, 15) is 9.18 Å². The van der Waals surface area contributed by atoms with Crippen LogP contribution in [0.25, 0.3) is 16.9 Å². The number of para-hydroxylation sites is 1. The zero-order valence-corrected chi connectivity index (χ0v) is 16.0. The van der Waals surface area contributed by atoms with E-state index in [4.69, 9.17) is 0 Å². The monoisotopic (exact) mass is 399 g/mol. The molecule has 1 aliphatic carbocycles. The predicted molar refractivity (Wildman–Crippen MR) is 111 cm³/mol. The molecule has 0 saturated heterocycles. The van der Waals surface area contributed by atoms with E-state index in [1.807, 2.05) is 24.3 Å². The van der Waals surface area contributed by atoms with Gasteiger partial charge in [-0.3, -0.25) is 9.78 Å². The minimum Gasteiger partial charge on any atom is -0.305 e. The van der Waals surface area contributed by atoms with E-state index in [2.05, 4.69) is 20.4 Å². The van der Waals surface area contributed by atoms with Crippen LogP contribution in [0, 0.1) is 5.82 Å². The number of nitrogens with zero attached hydrogens (tertiary/aromatic N) is 4. The predicted octanol–water partition coefficient (Wildman–Crippen LogP) is 4.21. The molecule has 3 aromatic heterocycles. The molecule has 0 spiro atoms. The molecule has 1 amide bonds. The molecule has 0 atom stereocenters. The fourth-order valence-electron chi connectivity index (χ4n) is 3.77. The van der Waals surface area contributed by atoms with Crippen molar-refractivity contribution in [2.45, 2.75) is 19.3 Å². The smallest absolute Gasteiger partial charge is 0.277 e. The first kappa shape index (κ1) is 18.2. The van der Waals surface area contributed by atoms with Gasteiger partial charge in [0.2, 0.25) is 0 Å². The Balaban J connectivity index is 1.42. The van der Waals surface area contributed by atoms with E-state index in [-0.39, 0.29) is 11.7 Å². The average Bonchev–Trinajstić information content (AvgIpc) is 3.38. The van der Waals surface area contributed by atoms with Crippen molar-refractivity contribution in [1.29, 1.82) is 0 Å². The molecule has 4 aromatic rings. The molecule has 7 heteroatoms. The zero-order chi connectivity index (χ0) is 20.5. The Morgan fingerprint density at radius 2 is 1.87 bits per heavy atom. The number of carbonyl (C=O) groups excluding carboxylic acids is 1. The number of halogens is 1. The number of nitrogens with one attached hydrogen (secondary N) is 1. The molecule has 5 rings (SSSR count). The lowest BCUT2D eigenvalue weighted by Crippen LogP contribution is -2.16. The van der Waals surface area contributed by atoms with Gasteiger partial charge in [0, 0.05) is 29.2 Å². The number of amides is 1. The number of carbonyl (C=O) groups is 1. The lowest BCUT2D eigenvalue weighted by Gasteiger charge is -2.06. The van der Waals surface area contributed by atoms with Crippen molar-refractivity contribution in [3.05, 3.63) is 89.8 Å². The summed E-state index contributed by atoms with van der Waals surface area (Å²) in [5.41, 5.74) is 4.11. The largest absolute Gasteiger partial charge is 0.305 e. The van der Waals surface area contributed by atoms with Crippen LogP contribution in [0.3, 0.4) is 0 Å². The highest BCUT2D eigenvalue weighted by molar-refractivity contribution is 6.03. The minimum atomic E-state index is -0.367. The molecule has 0 fully saturated rings. The third-order valence-electron chi connectivity index (χ3n) is 5.19. The summed E-state index contributed by atoms with van der Waals surface area (Å²) < 4.78 is 15.9. The van der Waals surface area contributed by atoms with Crippen LogP contribution in [-0.2, 0) is 12.8 Å². The van der Waals surface area contributed by atoms with Gasteiger partial charge in [0.05, 0.1) is 5.69 Å². The fourth-order valence-corrected chi connectivity index (χ4v) is 3.77. The topological polar surface area (TPSA) is 72.7 Å². The molecule has 0 bridgehead atoms. The molecule has 1 N–H and O–H groups in total. The Kier molecular flexibility index (Phi) is 4.55. The summed E-state index contributed by atoms with van der Waals surface area (Å²) in [6.07, 6.45) is 5.82. The first-order chi connectivity index (χ1) is 14.7. The van der Waals surface area contributed by atoms with Gasteiger partial charge in [0.1, 0.15) is 17.3 Å². The Morgan fingerprint density at radius 1 is 1.00 bits per heavy atom. The first-order valence-electron chi connectivity index (χ1n) is 9.75. The molecule has 30 heavy (non-hydrogen) atoms. The van der Waals surface area contributed by atoms with Gasteiger partial charge >= 0.3 is 0 Å². The molecule has 0 saturated carbocycles. The number of rotatable bonds is 4. The normalized spacial score (nSPS) is 12.6. The van der Waals surface area contributed by atoms with Crippen LogP contribution in [0.15, 0.2) is 67.0 Å². The van der Waals surface area contributed by atoms with Crippen molar-refractivity contribution < 1.29 is 9.18 Å². The van der Waals surface area contributed by atoms with Crippen molar-refractivity contribution in [2.75, 3.05) is 5.32 Å². The van der Waals surface area contributed by atoms with Gasteiger partial charge in [0.15, 0.2) is 5.69 Å². The molecule has 0 radical (unpaired) electrons. The molecular formula is C23H18FN5O. The van der Waals surface area contributed by atoms with E-state index in [1.165, 1.54) is 6.07 Å². The summed E-state index contributed by atoms with van der Waals surface area (Å²) in [6.45, 7) is 0. The van der Waals surface area contributed by atoms with E-state index >= 15 is 0 Å². The molecule has 148 valence electrons. The Labute approximate surface area is 172 Å². The maximum absolute atomic E-state index is 14.3. The van der Waals surface area contributed by atoms with Crippen LogP contribution in [0.5, 0.6) is 0 Å². The standard InChI is InChI=1S/C23H18FN5O/c24-17-7-1-2-9-20(17)29-19-10-5-6-16(19)22(28-29)23(30)27-21-12-11-15(14-26-21)18-8-3-4-13-25-18/h1-4,7-9,11-14H,5-6,10H2,(H,26,27,30). The van der Waals surface area contributed by atoms with Crippen molar-refractivity contribution in [2.24, 2.45) is 0 Å². The van der Waals surface area contributed by atoms with Gasteiger partial charge in [-0.05, 0) is 55.7 Å². The molecule has 6 nitrogen and oxygen atoms in total. The van der Waals surface area contributed by atoms with E-state index in [0.29, 0.717) is 17.2 Å². The van der Waals surface area contributed by atoms with Crippen LogP contribution < -0.4 is 5.32 Å². The van der Waals surface area contributed by atoms with Gasteiger partial charge in [-0.25, -0.2) is 14.1 Å². The second-order valence-corrected chi connectivity index (χ2v) is 7.09. The molecule has 1 aliphatic rings. The van der Waals surface area contributed by atoms with Crippen LogP contribution in [0.4, 0.5) is 10.2 Å². The summed E-state index contributed by atoms with van der Waals surface area (Å²) in [4.78, 5) is 21.5. The van der Waals surface area contributed by atoms with Gasteiger partial charge in [0.25, 0.3) is 5.91 Å². The van der Waals surface area contributed by atoms with Crippen molar-refractivity contribution in [3.8, 4) is 16.9 Å². The van der Waals surface area contributed by atoms with Crippen LogP contribution in [-0.4, -0.2) is 25.7 Å². The molecule has 3 heterocycles. The number of aromatic nitrogens is 4. The maximum Gasteiger partial charge on any atom is 0.277 e. The Bertz CT molecular complexity index is 1220. The lowest BCUT2D eigenvalue weighted by atomic mass is 10.2. The van der Waals surface area contributed by atoms with Gasteiger partial charge in [-0.2, -0.15) is 5.10 Å². The van der Waals surface area contributed by atoms with E-state index in [0.717, 1.165) is 41.8 Å². The molecule has 0 unspecified atom stereocenters. The van der Waals surface area contributed by atoms with Crippen molar-refractivity contribution >= 4 is 11.7 Å². The molecule has 1 aromatic carbocycles. The number of pyridine rings is 2. The molecular weight excluding hydrogens is 381 g/mol. The van der Waals surface area contributed by atoms with E-state index in [1.54, 1.807) is 41.3 Å². The quantitative estimate of drug-likeness (QED) is 0.558. The third kappa shape index (κ3) is 3.24. The number of benzene rings is 1. The van der Waals surface area contributed by atoms with Crippen LogP contribution >= 0.6 is 0 Å². The van der Waals surface area contributed by atoms with E-state index < -0.39 is 0 Å². The SMILES string of the molecule is O=C(Nc1ccc(-c2ccccn2)cn1)c1nn(-c2ccccc2F)c2c1CCC2. The number of hydrogen-bond donors (Lipinski definition) is 1. The summed E-state index contributed by atoms with van der Waals surface area (Å²) in [6, 6.07) is 15.7. The van der Waals surface area contributed by atoms with Gasteiger partial charge in [-0.1, -0.05) is 18.2 Å². The summed E-state index contributed by atoms with van der Waals surface area (Å²) in [5.74, 6) is -0.290. The fraction of sp³-hybridized carbons (Fsp3) is 0.130. The summed E-state index contributed by atoms with van der Waals surface area (Å²) in [5, 5.41) is 7.26. The Morgan fingerprint density at radius 3 is 2.63 bits per heavy atom. The third-order valence-corrected chi connectivity index (χ3v) is 5.19. The van der Waals surface area contributed by atoms with Gasteiger partial charge in [-0.15, -0.1) is 0 Å². The van der Waals surface area contributed by atoms with Gasteiger partial charge < -0.3 is 5.32 Å².